The number of benzene rings is 1. The highest BCUT2D eigenvalue weighted by Gasteiger charge is 2.34. The molecule has 3 aromatic heterocycles. The van der Waals surface area contributed by atoms with E-state index >= 15 is 0 Å². The van der Waals surface area contributed by atoms with Crippen LogP contribution in [0.5, 0.6) is 0 Å². The molecule has 0 bridgehead atoms. The number of likely N-dealkylation sites (tertiary alicyclic amines) is 1. The van der Waals surface area contributed by atoms with Crippen LogP contribution in [0.1, 0.15) is 23.5 Å². The van der Waals surface area contributed by atoms with Crippen LogP contribution in [0.3, 0.4) is 0 Å². The van der Waals surface area contributed by atoms with Gasteiger partial charge in [-0.2, -0.15) is 10.4 Å². The largest absolute Gasteiger partial charge is 0.337 e. The Morgan fingerprint density at radius 2 is 2.08 bits per heavy atom. The van der Waals surface area contributed by atoms with Crippen molar-refractivity contribution >= 4 is 40.1 Å². The minimum Gasteiger partial charge on any atom is -0.337 e. The molecule has 0 unspecified atom stereocenters. The summed E-state index contributed by atoms with van der Waals surface area (Å²) in [4.78, 5) is 33.6. The maximum Gasteiger partial charge on any atom is 0.268 e. The molecule has 2 amide bonds. The molecule has 4 aromatic rings. The fraction of sp³-hybridized carbons (Fsp3) is 0.269. The monoisotopic (exact) mass is 514 g/mol. The maximum absolute atomic E-state index is 13.1. The van der Waals surface area contributed by atoms with E-state index in [9.17, 15) is 14.9 Å². The molecule has 5 rings (SSSR count). The van der Waals surface area contributed by atoms with E-state index in [1.165, 1.54) is 17.4 Å². The molecule has 10 nitrogen and oxygen atoms in total. The molecule has 1 fully saturated rings. The number of H-pyrrole nitrogens is 1. The van der Waals surface area contributed by atoms with Crippen molar-refractivity contribution in [2.45, 2.75) is 25.9 Å². The lowest BCUT2D eigenvalue weighted by atomic mass is 9.97. The van der Waals surface area contributed by atoms with Crippen molar-refractivity contribution < 1.29 is 9.59 Å². The van der Waals surface area contributed by atoms with Gasteiger partial charge in [0, 0.05) is 47.7 Å². The Balaban J connectivity index is 1.31. The number of imidazole rings is 1. The highest BCUT2D eigenvalue weighted by atomic mass is 32.1. The number of fused-ring (bicyclic) bond motifs is 1. The van der Waals surface area contributed by atoms with E-state index in [4.69, 9.17) is 5.73 Å². The number of hydrogen-bond donors (Lipinski definition) is 3. The summed E-state index contributed by atoms with van der Waals surface area (Å²) in [5.74, 6) is 0.0523. The Labute approximate surface area is 217 Å². The van der Waals surface area contributed by atoms with Crippen molar-refractivity contribution in [3.05, 3.63) is 65.3 Å². The van der Waals surface area contributed by atoms with Crippen molar-refractivity contribution in [1.29, 1.82) is 5.26 Å². The van der Waals surface area contributed by atoms with Gasteiger partial charge in [0.05, 0.1) is 22.1 Å². The number of carbonyl (C=O) groups excluding carboxylic acids is 2. The van der Waals surface area contributed by atoms with Crippen LogP contribution in [-0.4, -0.2) is 55.1 Å². The van der Waals surface area contributed by atoms with Crippen LogP contribution in [-0.2, 0) is 11.3 Å². The van der Waals surface area contributed by atoms with E-state index in [1.807, 2.05) is 41.0 Å². The van der Waals surface area contributed by atoms with Gasteiger partial charge in [-0.05, 0) is 44.2 Å². The second kappa shape index (κ2) is 9.65. The zero-order valence-corrected chi connectivity index (χ0v) is 21.2. The average molecular weight is 515 g/mol. The molecule has 1 aromatic carbocycles. The van der Waals surface area contributed by atoms with E-state index in [1.54, 1.807) is 37.2 Å². The standard InChI is InChI=1S/C26H26N8O2S/c1-26(2,28)9-17(10-27)24(36)33-13-16(14-33)15-34-20-6-4-3-5-19(20)31-25(34)32-23(35)22-8-7-21(37-22)18-11-29-30-12-18/h3-9,11-12,16H,13-15,28H2,1-2H3,(H,29,30)(H,31,32,35). The van der Waals surface area contributed by atoms with Crippen LogP contribution >= 0.6 is 11.3 Å². The summed E-state index contributed by atoms with van der Waals surface area (Å²) in [6.07, 6.45) is 5.00. The summed E-state index contributed by atoms with van der Waals surface area (Å²) in [5.41, 5.74) is 7.85. The number of nitrogens with zero attached hydrogens (tertiary/aromatic N) is 5. The Morgan fingerprint density at radius 1 is 1.30 bits per heavy atom. The van der Waals surface area contributed by atoms with Gasteiger partial charge < -0.3 is 15.2 Å². The third kappa shape index (κ3) is 5.16. The lowest BCUT2D eigenvalue weighted by Gasteiger charge is -2.39. The van der Waals surface area contributed by atoms with Crippen LogP contribution in [0, 0.1) is 17.2 Å². The van der Waals surface area contributed by atoms with Crippen molar-refractivity contribution in [2.24, 2.45) is 11.7 Å². The number of aromatic amines is 1. The predicted molar refractivity (Wildman–Crippen MR) is 142 cm³/mol. The quantitative estimate of drug-likeness (QED) is 0.255. The van der Waals surface area contributed by atoms with E-state index in [2.05, 4.69) is 20.5 Å². The summed E-state index contributed by atoms with van der Waals surface area (Å²) in [6.45, 7) is 5.05. The highest BCUT2D eigenvalue weighted by Crippen LogP contribution is 2.29. The molecule has 37 heavy (non-hydrogen) atoms. The summed E-state index contributed by atoms with van der Waals surface area (Å²) >= 11 is 1.38. The van der Waals surface area contributed by atoms with Gasteiger partial charge in [-0.3, -0.25) is 20.0 Å². The maximum atomic E-state index is 13.1. The first-order chi connectivity index (χ1) is 17.7. The first-order valence-electron chi connectivity index (χ1n) is 11.8. The minimum atomic E-state index is -0.754. The van der Waals surface area contributed by atoms with Crippen LogP contribution in [0.15, 0.2) is 60.4 Å². The van der Waals surface area contributed by atoms with Gasteiger partial charge >= 0.3 is 0 Å². The van der Waals surface area contributed by atoms with E-state index < -0.39 is 5.54 Å². The Kier molecular flexibility index (Phi) is 6.37. The molecule has 188 valence electrons. The summed E-state index contributed by atoms with van der Waals surface area (Å²) < 4.78 is 1.98. The second-order valence-corrected chi connectivity index (χ2v) is 10.8. The molecule has 0 aliphatic carbocycles. The topological polar surface area (TPSA) is 146 Å². The SMILES string of the molecule is CC(C)(N)C=C(C#N)C(=O)N1CC(Cn2c(NC(=O)c3ccc(-c4cn[nH]c4)s3)nc3ccccc32)C1. The van der Waals surface area contributed by atoms with Crippen LogP contribution in [0.2, 0.25) is 0 Å². The summed E-state index contributed by atoms with van der Waals surface area (Å²) in [5, 5.41) is 19.1. The number of amides is 2. The number of anilines is 1. The normalized spacial score (nSPS) is 14.4. The smallest absolute Gasteiger partial charge is 0.268 e. The molecule has 4 heterocycles. The number of rotatable bonds is 7. The van der Waals surface area contributed by atoms with Gasteiger partial charge in [-0.15, -0.1) is 11.3 Å². The molecule has 0 spiro atoms. The predicted octanol–water partition coefficient (Wildman–Crippen LogP) is 3.39. The van der Waals surface area contributed by atoms with E-state index in [0.717, 1.165) is 21.5 Å². The summed E-state index contributed by atoms with van der Waals surface area (Å²) in [7, 11) is 0. The Bertz CT molecular complexity index is 1530. The summed E-state index contributed by atoms with van der Waals surface area (Å²) in [6, 6.07) is 13.3. The molecular formula is C26H26N8O2S. The van der Waals surface area contributed by atoms with Crippen LogP contribution in [0.25, 0.3) is 21.5 Å². The third-order valence-corrected chi connectivity index (χ3v) is 7.18. The zero-order chi connectivity index (χ0) is 26.2. The van der Waals surface area contributed by atoms with Crippen LogP contribution in [0.4, 0.5) is 5.95 Å². The van der Waals surface area contributed by atoms with Gasteiger partial charge in [0.2, 0.25) is 5.95 Å². The Morgan fingerprint density at radius 3 is 2.78 bits per heavy atom. The number of para-hydroxylation sites is 2. The zero-order valence-electron chi connectivity index (χ0n) is 20.4. The molecule has 4 N–H and O–H groups in total. The van der Waals surface area contributed by atoms with Crippen molar-refractivity contribution in [1.82, 2.24) is 24.6 Å². The molecule has 1 aliphatic heterocycles. The van der Waals surface area contributed by atoms with Crippen molar-refractivity contribution in [3.63, 3.8) is 0 Å². The van der Waals surface area contributed by atoms with Crippen molar-refractivity contribution in [3.8, 4) is 16.5 Å². The fourth-order valence-electron chi connectivity index (χ4n) is 4.31. The molecule has 0 atom stereocenters. The van der Waals surface area contributed by atoms with Gasteiger partial charge in [-0.1, -0.05) is 12.1 Å². The van der Waals surface area contributed by atoms with Gasteiger partial charge in [0.15, 0.2) is 0 Å². The molecule has 1 aliphatic rings. The van der Waals surface area contributed by atoms with Crippen molar-refractivity contribution in [2.75, 3.05) is 18.4 Å². The molecule has 11 heteroatoms. The average Bonchev–Trinajstić information content (AvgIpc) is 3.58. The highest BCUT2D eigenvalue weighted by molar-refractivity contribution is 7.17. The number of thiophene rings is 1. The number of nitrogens with one attached hydrogen (secondary N) is 2. The minimum absolute atomic E-state index is 0.0534. The first kappa shape index (κ1) is 24.4. The van der Waals surface area contributed by atoms with Gasteiger partial charge in [-0.25, -0.2) is 4.98 Å². The fourth-order valence-corrected chi connectivity index (χ4v) is 5.20. The number of nitriles is 1. The number of hydrogen-bond acceptors (Lipinski definition) is 7. The first-order valence-corrected chi connectivity index (χ1v) is 12.6. The number of carbonyl (C=O) groups is 2. The molecule has 0 radical (unpaired) electrons. The molecule has 1 saturated heterocycles. The lowest BCUT2D eigenvalue weighted by molar-refractivity contribution is -0.133. The second-order valence-electron chi connectivity index (χ2n) is 9.71. The van der Waals surface area contributed by atoms with Crippen LogP contribution < -0.4 is 11.1 Å². The molecular weight excluding hydrogens is 488 g/mol. The number of nitrogens with two attached hydrogens (primary N) is 1. The molecule has 0 saturated carbocycles. The van der Waals surface area contributed by atoms with E-state index in [-0.39, 0.29) is 23.3 Å². The third-order valence-electron chi connectivity index (χ3n) is 6.04. The lowest BCUT2D eigenvalue weighted by Crippen LogP contribution is -2.52. The van der Waals surface area contributed by atoms with E-state index in [0.29, 0.717) is 30.5 Å². The Hall–Kier alpha value is -4.27. The van der Waals surface area contributed by atoms with Gasteiger partial charge in [0.1, 0.15) is 11.6 Å². The number of aromatic nitrogens is 4. The van der Waals surface area contributed by atoms with Gasteiger partial charge in [0.25, 0.3) is 11.8 Å².